The lowest BCUT2D eigenvalue weighted by molar-refractivity contribution is 0.182. The summed E-state index contributed by atoms with van der Waals surface area (Å²) in [5, 5.41) is 3.28. The van der Waals surface area contributed by atoms with Crippen molar-refractivity contribution in [3.05, 3.63) is 29.6 Å². The second-order valence-electron chi connectivity index (χ2n) is 4.46. The number of hydrogen-bond acceptors (Lipinski definition) is 2. The van der Waals surface area contributed by atoms with Gasteiger partial charge in [0.05, 0.1) is 6.10 Å². The molecule has 1 aromatic carbocycles. The first-order valence-corrected chi connectivity index (χ1v) is 6.87. The minimum absolute atomic E-state index is 0.0897. The molecule has 1 aromatic rings. The Morgan fingerprint density at radius 2 is 1.94 bits per heavy atom. The van der Waals surface area contributed by atoms with Gasteiger partial charge in [-0.1, -0.05) is 32.9 Å². The van der Waals surface area contributed by atoms with Crippen molar-refractivity contribution in [3.8, 4) is 5.75 Å². The van der Waals surface area contributed by atoms with E-state index in [1.807, 2.05) is 6.07 Å². The number of nitrogens with one attached hydrogen (secondary N) is 1. The lowest BCUT2D eigenvalue weighted by Gasteiger charge is -2.19. The van der Waals surface area contributed by atoms with Crippen molar-refractivity contribution in [2.75, 3.05) is 6.54 Å². The molecule has 0 unspecified atom stereocenters. The lowest BCUT2D eigenvalue weighted by Crippen LogP contribution is -2.19. The Morgan fingerprint density at radius 1 is 1.22 bits per heavy atom. The molecule has 0 fully saturated rings. The molecule has 0 aliphatic heterocycles. The summed E-state index contributed by atoms with van der Waals surface area (Å²) >= 11 is 0. The highest BCUT2D eigenvalue weighted by molar-refractivity contribution is 5.35. The van der Waals surface area contributed by atoms with Crippen LogP contribution in [0.5, 0.6) is 5.75 Å². The summed E-state index contributed by atoms with van der Waals surface area (Å²) in [6, 6.07) is 5.11. The Labute approximate surface area is 110 Å². The van der Waals surface area contributed by atoms with Gasteiger partial charge in [-0.05, 0) is 31.9 Å². The predicted octanol–water partition coefficient (Wildman–Crippen LogP) is 3.89. The molecule has 0 aromatic heterocycles. The number of rotatable bonds is 8. The van der Waals surface area contributed by atoms with E-state index in [1.54, 1.807) is 6.07 Å². The highest BCUT2D eigenvalue weighted by Gasteiger charge is 2.13. The molecule has 102 valence electrons. The van der Waals surface area contributed by atoms with Gasteiger partial charge in [0.2, 0.25) is 0 Å². The molecule has 1 rings (SSSR count). The van der Waals surface area contributed by atoms with Gasteiger partial charge in [0.25, 0.3) is 0 Å². The molecular formula is C15H24FNO. The van der Waals surface area contributed by atoms with Gasteiger partial charge in [-0.3, -0.25) is 0 Å². The topological polar surface area (TPSA) is 21.3 Å². The van der Waals surface area contributed by atoms with Crippen LogP contribution in [0.1, 0.15) is 45.6 Å². The van der Waals surface area contributed by atoms with Crippen molar-refractivity contribution in [2.24, 2.45) is 0 Å². The minimum atomic E-state index is -0.266. The van der Waals surface area contributed by atoms with Crippen molar-refractivity contribution in [2.45, 2.75) is 52.7 Å². The minimum Gasteiger partial charge on any atom is -0.487 e. The summed E-state index contributed by atoms with van der Waals surface area (Å²) in [7, 11) is 0. The average molecular weight is 253 g/mol. The third-order valence-corrected chi connectivity index (χ3v) is 2.99. The van der Waals surface area contributed by atoms with Gasteiger partial charge < -0.3 is 10.1 Å². The van der Waals surface area contributed by atoms with E-state index in [-0.39, 0.29) is 11.9 Å². The maximum absolute atomic E-state index is 13.8. The molecule has 0 amide bonds. The molecule has 18 heavy (non-hydrogen) atoms. The summed E-state index contributed by atoms with van der Waals surface area (Å²) in [5.41, 5.74) is 0.898. The standard InChI is InChI=1S/C15H24FNO/c1-4-10-17-11-12-8-7-9-14(16)15(12)18-13(5-2)6-3/h7-9,13,17H,4-6,10-11H2,1-3H3. The van der Waals surface area contributed by atoms with E-state index in [2.05, 4.69) is 26.1 Å². The molecule has 0 saturated carbocycles. The summed E-state index contributed by atoms with van der Waals surface area (Å²) in [6.07, 6.45) is 2.95. The molecule has 2 nitrogen and oxygen atoms in total. The monoisotopic (exact) mass is 253 g/mol. The molecule has 0 spiro atoms. The van der Waals surface area contributed by atoms with Gasteiger partial charge >= 0.3 is 0 Å². The second kappa shape index (κ2) is 8.09. The molecule has 0 aliphatic rings. The number of para-hydroxylation sites is 1. The Kier molecular flexibility index (Phi) is 6.73. The van der Waals surface area contributed by atoms with Crippen molar-refractivity contribution in [3.63, 3.8) is 0 Å². The van der Waals surface area contributed by atoms with E-state index in [0.717, 1.165) is 31.4 Å². The third-order valence-electron chi connectivity index (χ3n) is 2.99. The van der Waals surface area contributed by atoms with Crippen LogP contribution in [0.15, 0.2) is 18.2 Å². The van der Waals surface area contributed by atoms with Gasteiger partial charge in [-0.15, -0.1) is 0 Å². The molecule has 0 heterocycles. The van der Waals surface area contributed by atoms with E-state index in [9.17, 15) is 4.39 Å². The zero-order valence-electron chi connectivity index (χ0n) is 11.6. The van der Waals surface area contributed by atoms with Crippen molar-refractivity contribution < 1.29 is 9.13 Å². The summed E-state index contributed by atoms with van der Waals surface area (Å²) in [6.45, 7) is 7.82. The third kappa shape index (κ3) is 4.30. The van der Waals surface area contributed by atoms with E-state index in [4.69, 9.17) is 4.74 Å². The van der Waals surface area contributed by atoms with Crippen molar-refractivity contribution >= 4 is 0 Å². The van der Waals surface area contributed by atoms with Crippen LogP contribution < -0.4 is 10.1 Å². The molecule has 0 radical (unpaired) electrons. The second-order valence-corrected chi connectivity index (χ2v) is 4.46. The maximum atomic E-state index is 13.8. The van der Waals surface area contributed by atoms with Gasteiger partial charge in [0, 0.05) is 12.1 Å². The molecule has 0 bridgehead atoms. The number of ether oxygens (including phenoxy) is 1. The molecule has 3 heteroatoms. The number of hydrogen-bond donors (Lipinski definition) is 1. The SMILES string of the molecule is CCCNCc1cccc(F)c1OC(CC)CC. The van der Waals surface area contributed by atoms with Crippen LogP contribution in [0, 0.1) is 5.82 Å². The molecule has 1 N–H and O–H groups in total. The molecule has 0 saturated heterocycles. The smallest absolute Gasteiger partial charge is 0.165 e. The maximum Gasteiger partial charge on any atom is 0.165 e. The highest BCUT2D eigenvalue weighted by Crippen LogP contribution is 2.25. The lowest BCUT2D eigenvalue weighted by atomic mass is 10.1. The first-order valence-electron chi connectivity index (χ1n) is 6.87. The van der Waals surface area contributed by atoms with Crippen LogP contribution in [-0.2, 0) is 6.54 Å². The zero-order valence-corrected chi connectivity index (χ0v) is 11.6. The van der Waals surface area contributed by atoms with E-state index >= 15 is 0 Å². The zero-order chi connectivity index (χ0) is 13.4. The summed E-state index contributed by atoms with van der Waals surface area (Å²) in [4.78, 5) is 0. The fraction of sp³-hybridized carbons (Fsp3) is 0.600. The van der Waals surface area contributed by atoms with E-state index in [1.165, 1.54) is 6.07 Å². The van der Waals surface area contributed by atoms with Gasteiger partial charge in [0.1, 0.15) is 0 Å². The number of halogens is 1. The van der Waals surface area contributed by atoms with E-state index < -0.39 is 0 Å². The first kappa shape index (κ1) is 15.0. The van der Waals surface area contributed by atoms with Crippen LogP contribution in [0.3, 0.4) is 0 Å². The highest BCUT2D eigenvalue weighted by atomic mass is 19.1. The van der Waals surface area contributed by atoms with Crippen LogP contribution in [0.2, 0.25) is 0 Å². The summed E-state index contributed by atoms with van der Waals surface area (Å²) < 4.78 is 19.6. The van der Waals surface area contributed by atoms with Gasteiger partial charge in [-0.25, -0.2) is 4.39 Å². The Morgan fingerprint density at radius 3 is 2.56 bits per heavy atom. The Bertz CT molecular complexity index is 350. The fourth-order valence-corrected chi connectivity index (χ4v) is 1.85. The van der Waals surface area contributed by atoms with Crippen LogP contribution in [-0.4, -0.2) is 12.6 Å². The normalized spacial score (nSPS) is 10.9. The molecule has 0 aliphatic carbocycles. The van der Waals surface area contributed by atoms with Gasteiger partial charge in [0.15, 0.2) is 11.6 Å². The fourth-order valence-electron chi connectivity index (χ4n) is 1.85. The first-order chi connectivity index (χ1) is 8.72. The van der Waals surface area contributed by atoms with Crippen molar-refractivity contribution in [1.29, 1.82) is 0 Å². The summed E-state index contributed by atoms with van der Waals surface area (Å²) in [5.74, 6) is 0.146. The Balaban J connectivity index is 2.79. The Hall–Kier alpha value is -1.09. The molecular weight excluding hydrogens is 229 g/mol. The van der Waals surface area contributed by atoms with Crippen LogP contribution >= 0.6 is 0 Å². The predicted molar refractivity (Wildman–Crippen MR) is 73.4 cm³/mol. The average Bonchev–Trinajstić information content (AvgIpc) is 2.38. The van der Waals surface area contributed by atoms with Crippen molar-refractivity contribution in [1.82, 2.24) is 5.32 Å². The van der Waals surface area contributed by atoms with E-state index in [0.29, 0.717) is 12.3 Å². The quantitative estimate of drug-likeness (QED) is 0.710. The molecule has 0 atom stereocenters. The van der Waals surface area contributed by atoms with Gasteiger partial charge in [-0.2, -0.15) is 0 Å². The van der Waals surface area contributed by atoms with Crippen LogP contribution in [0.25, 0.3) is 0 Å². The largest absolute Gasteiger partial charge is 0.487 e. The van der Waals surface area contributed by atoms with Crippen LogP contribution in [0.4, 0.5) is 4.39 Å². The number of benzene rings is 1.